The van der Waals surface area contributed by atoms with Gasteiger partial charge in [0.1, 0.15) is 5.75 Å². The number of hydrogen-bond donors (Lipinski definition) is 1. The zero-order valence-electron chi connectivity index (χ0n) is 10.3. The Labute approximate surface area is 97.8 Å². The first-order valence-electron chi connectivity index (χ1n) is 6.16. The third-order valence-electron chi connectivity index (χ3n) is 3.60. The molecule has 1 aromatic rings. The minimum absolute atomic E-state index is 0.392. The third-order valence-corrected chi connectivity index (χ3v) is 3.60. The maximum atomic E-state index is 5.81. The quantitative estimate of drug-likeness (QED) is 0.848. The summed E-state index contributed by atoms with van der Waals surface area (Å²) in [4.78, 5) is 0. The summed E-state index contributed by atoms with van der Waals surface area (Å²) in [5, 5.41) is 0. The highest BCUT2D eigenvalue weighted by molar-refractivity contribution is 5.48. The van der Waals surface area contributed by atoms with Crippen molar-refractivity contribution in [3.05, 3.63) is 28.8 Å². The van der Waals surface area contributed by atoms with Crippen molar-refractivity contribution >= 4 is 0 Å². The van der Waals surface area contributed by atoms with Crippen LogP contribution in [0.4, 0.5) is 0 Å². The largest absolute Gasteiger partial charge is 0.496 e. The van der Waals surface area contributed by atoms with E-state index in [2.05, 4.69) is 19.1 Å². The van der Waals surface area contributed by atoms with E-state index >= 15 is 0 Å². The molecule has 2 N–H and O–H groups in total. The van der Waals surface area contributed by atoms with E-state index in [0.29, 0.717) is 12.5 Å². The molecular weight excluding hydrogens is 198 g/mol. The molecule has 0 bridgehead atoms. The predicted molar refractivity (Wildman–Crippen MR) is 67.1 cm³/mol. The molecule has 0 fully saturated rings. The molecule has 2 heteroatoms. The molecule has 0 aliphatic heterocycles. The lowest BCUT2D eigenvalue weighted by atomic mass is 9.83. The zero-order valence-corrected chi connectivity index (χ0v) is 10.3. The Hall–Kier alpha value is -1.02. The Kier molecular flexibility index (Phi) is 3.49. The van der Waals surface area contributed by atoms with Gasteiger partial charge in [-0.05, 0) is 55.3 Å². The summed E-state index contributed by atoms with van der Waals surface area (Å²) in [6.07, 6.45) is 5.01. The molecule has 1 aliphatic rings. The van der Waals surface area contributed by atoms with Gasteiger partial charge in [0.25, 0.3) is 0 Å². The second-order valence-electron chi connectivity index (χ2n) is 4.66. The molecule has 0 heterocycles. The van der Waals surface area contributed by atoms with Crippen LogP contribution in [0.3, 0.4) is 0 Å². The number of rotatable bonds is 3. The summed E-state index contributed by atoms with van der Waals surface area (Å²) in [6.45, 7) is 2.87. The van der Waals surface area contributed by atoms with Crippen LogP contribution in [0, 0.1) is 0 Å². The van der Waals surface area contributed by atoms with E-state index in [-0.39, 0.29) is 0 Å². The van der Waals surface area contributed by atoms with E-state index < -0.39 is 0 Å². The maximum absolute atomic E-state index is 5.81. The van der Waals surface area contributed by atoms with Crippen LogP contribution in [-0.4, -0.2) is 13.7 Å². The topological polar surface area (TPSA) is 35.2 Å². The van der Waals surface area contributed by atoms with Gasteiger partial charge in [0, 0.05) is 5.56 Å². The van der Waals surface area contributed by atoms with Gasteiger partial charge < -0.3 is 10.5 Å². The fraction of sp³-hybridized carbons (Fsp3) is 0.571. The molecule has 1 aliphatic carbocycles. The molecular formula is C14H21NO. The number of methoxy groups -OCH3 is 1. The SMILES string of the molecule is COc1ccc2c(c1C(C)CN)CCCC2. The molecule has 0 saturated carbocycles. The van der Waals surface area contributed by atoms with Crippen LogP contribution in [0.2, 0.25) is 0 Å². The van der Waals surface area contributed by atoms with E-state index in [4.69, 9.17) is 10.5 Å². The van der Waals surface area contributed by atoms with Gasteiger partial charge in [-0.2, -0.15) is 0 Å². The van der Waals surface area contributed by atoms with Crippen LogP contribution < -0.4 is 10.5 Å². The van der Waals surface area contributed by atoms with Gasteiger partial charge in [0.2, 0.25) is 0 Å². The van der Waals surface area contributed by atoms with Crippen molar-refractivity contribution in [2.75, 3.05) is 13.7 Å². The molecule has 16 heavy (non-hydrogen) atoms. The number of benzene rings is 1. The van der Waals surface area contributed by atoms with Crippen molar-refractivity contribution < 1.29 is 4.74 Å². The highest BCUT2D eigenvalue weighted by Gasteiger charge is 2.20. The molecule has 0 aromatic heterocycles. The smallest absolute Gasteiger partial charge is 0.122 e. The van der Waals surface area contributed by atoms with Crippen LogP contribution in [0.25, 0.3) is 0 Å². The van der Waals surface area contributed by atoms with Gasteiger partial charge in [-0.15, -0.1) is 0 Å². The first kappa shape index (κ1) is 11.5. The normalized spacial score (nSPS) is 16.7. The van der Waals surface area contributed by atoms with Crippen molar-refractivity contribution in [2.24, 2.45) is 5.73 Å². The highest BCUT2D eigenvalue weighted by Crippen LogP contribution is 2.35. The molecule has 0 spiro atoms. The first-order chi connectivity index (χ1) is 7.77. The molecule has 2 nitrogen and oxygen atoms in total. The predicted octanol–water partition coefficient (Wildman–Crippen LogP) is 2.64. The highest BCUT2D eigenvalue weighted by atomic mass is 16.5. The van der Waals surface area contributed by atoms with Gasteiger partial charge in [-0.1, -0.05) is 13.0 Å². The Balaban J connectivity index is 2.51. The zero-order chi connectivity index (χ0) is 11.5. The summed E-state index contributed by atoms with van der Waals surface area (Å²) >= 11 is 0. The minimum atomic E-state index is 0.392. The minimum Gasteiger partial charge on any atom is -0.496 e. The fourth-order valence-electron chi connectivity index (χ4n) is 2.67. The van der Waals surface area contributed by atoms with E-state index in [0.717, 1.165) is 5.75 Å². The van der Waals surface area contributed by atoms with Crippen LogP contribution in [0.5, 0.6) is 5.75 Å². The number of aryl methyl sites for hydroxylation is 1. The Morgan fingerprint density at radius 3 is 2.75 bits per heavy atom. The monoisotopic (exact) mass is 219 g/mol. The Morgan fingerprint density at radius 2 is 2.06 bits per heavy atom. The Bertz CT molecular complexity index is 373. The van der Waals surface area contributed by atoms with Gasteiger partial charge in [-0.25, -0.2) is 0 Å². The maximum Gasteiger partial charge on any atom is 0.122 e. The molecule has 2 rings (SSSR count). The lowest BCUT2D eigenvalue weighted by Crippen LogP contribution is -2.15. The van der Waals surface area contributed by atoms with E-state index in [1.54, 1.807) is 7.11 Å². The van der Waals surface area contributed by atoms with Crippen LogP contribution in [-0.2, 0) is 12.8 Å². The lowest BCUT2D eigenvalue weighted by Gasteiger charge is -2.24. The lowest BCUT2D eigenvalue weighted by molar-refractivity contribution is 0.404. The molecule has 1 aromatic carbocycles. The Morgan fingerprint density at radius 1 is 1.31 bits per heavy atom. The summed E-state index contributed by atoms with van der Waals surface area (Å²) < 4.78 is 5.48. The summed E-state index contributed by atoms with van der Waals surface area (Å²) in [5.74, 6) is 1.40. The van der Waals surface area contributed by atoms with Gasteiger partial charge in [0.15, 0.2) is 0 Å². The van der Waals surface area contributed by atoms with Crippen molar-refractivity contribution in [2.45, 2.75) is 38.5 Å². The molecule has 1 atom stereocenters. The number of hydrogen-bond acceptors (Lipinski definition) is 2. The van der Waals surface area contributed by atoms with E-state index in [1.165, 1.54) is 42.4 Å². The van der Waals surface area contributed by atoms with Gasteiger partial charge in [0.05, 0.1) is 7.11 Å². The average molecular weight is 219 g/mol. The van der Waals surface area contributed by atoms with Crippen molar-refractivity contribution in [1.82, 2.24) is 0 Å². The molecule has 0 radical (unpaired) electrons. The van der Waals surface area contributed by atoms with Crippen LogP contribution in [0.15, 0.2) is 12.1 Å². The summed E-state index contributed by atoms with van der Waals surface area (Å²) in [7, 11) is 1.75. The van der Waals surface area contributed by atoms with Gasteiger partial charge in [-0.3, -0.25) is 0 Å². The number of nitrogens with two attached hydrogens (primary N) is 1. The molecule has 88 valence electrons. The average Bonchev–Trinajstić information content (AvgIpc) is 2.36. The molecule has 0 saturated heterocycles. The summed E-state index contributed by atoms with van der Waals surface area (Å²) in [5.41, 5.74) is 10.2. The van der Waals surface area contributed by atoms with Crippen molar-refractivity contribution in [3.63, 3.8) is 0 Å². The second-order valence-corrected chi connectivity index (χ2v) is 4.66. The summed E-state index contributed by atoms with van der Waals surface area (Å²) in [6, 6.07) is 4.33. The third kappa shape index (κ3) is 1.94. The molecule has 1 unspecified atom stereocenters. The van der Waals surface area contributed by atoms with Crippen LogP contribution in [0.1, 0.15) is 42.4 Å². The van der Waals surface area contributed by atoms with Crippen molar-refractivity contribution in [1.29, 1.82) is 0 Å². The van der Waals surface area contributed by atoms with Crippen LogP contribution >= 0.6 is 0 Å². The second kappa shape index (κ2) is 4.88. The van der Waals surface area contributed by atoms with E-state index in [9.17, 15) is 0 Å². The number of fused-ring (bicyclic) bond motifs is 1. The van der Waals surface area contributed by atoms with E-state index in [1.807, 2.05) is 0 Å². The molecule has 0 amide bonds. The first-order valence-corrected chi connectivity index (χ1v) is 6.16. The fourth-order valence-corrected chi connectivity index (χ4v) is 2.67. The van der Waals surface area contributed by atoms with Crippen molar-refractivity contribution in [3.8, 4) is 5.75 Å². The standard InChI is InChI=1S/C14H21NO/c1-10(9-15)14-12-6-4-3-5-11(12)7-8-13(14)16-2/h7-8,10H,3-6,9,15H2,1-2H3. The number of ether oxygens (including phenoxy) is 1. The van der Waals surface area contributed by atoms with Gasteiger partial charge >= 0.3 is 0 Å².